The molecular weight excluding hydrogens is 202 g/mol. The minimum atomic E-state index is 0.0212. The Kier molecular flexibility index (Phi) is 1.97. The van der Waals surface area contributed by atoms with E-state index in [-0.39, 0.29) is 5.75 Å². The summed E-state index contributed by atoms with van der Waals surface area (Å²) in [5, 5.41) is 10.5. The van der Waals surface area contributed by atoms with Crippen molar-refractivity contribution in [1.29, 1.82) is 0 Å². The predicted molar refractivity (Wildman–Crippen MR) is 55.0 cm³/mol. The van der Waals surface area contributed by atoms with Crippen molar-refractivity contribution >= 4 is 28.8 Å². The molecule has 0 atom stereocenters. The van der Waals surface area contributed by atoms with Crippen molar-refractivity contribution < 1.29 is 9.90 Å². The van der Waals surface area contributed by atoms with E-state index in [0.29, 0.717) is 16.1 Å². The van der Waals surface area contributed by atoms with Crippen molar-refractivity contribution in [3.63, 3.8) is 0 Å². The van der Waals surface area contributed by atoms with Gasteiger partial charge >= 0.3 is 0 Å². The van der Waals surface area contributed by atoms with Gasteiger partial charge in [-0.05, 0) is 18.2 Å². The number of aromatic hydroxyl groups is 1. The monoisotopic (exact) mass is 209 g/mol. The summed E-state index contributed by atoms with van der Waals surface area (Å²) in [6.45, 7) is 0. The van der Waals surface area contributed by atoms with Crippen LogP contribution in [0.15, 0.2) is 18.2 Å². The minimum absolute atomic E-state index is 0.0212. The number of fused-ring (bicyclic) bond motifs is 1. The molecule has 72 valence electrons. The van der Waals surface area contributed by atoms with E-state index in [1.165, 1.54) is 0 Å². The quantitative estimate of drug-likeness (QED) is 0.733. The zero-order chi connectivity index (χ0) is 10.3. The fourth-order valence-corrected chi connectivity index (χ4v) is 1.67. The fraction of sp³-hybridized carbons (Fsp3) is 0.100. The molecule has 0 aliphatic carbocycles. The van der Waals surface area contributed by atoms with Crippen molar-refractivity contribution in [2.45, 2.75) is 0 Å². The van der Waals surface area contributed by atoms with Crippen molar-refractivity contribution in [1.82, 2.24) is 4.57 Å². The Balaban J connectivity index is 2.91. The van der Waals surface area contributed by atoms with Gasteiger partial charge in [-0.3, -0.25) is 4.79 Å². The summed E-state index contributed by atoms with van der Waals surface area (Å²) in [6, 6.07) is 4.99. The summed E-state index contributed by atoms with van der Waals surface area (Å²) >= 11 is 5.74. The van der Waals surface area contributed by atoms with E-state index in [4.69, 9.17) is 11.6 Å². The number of benzene rings is 1. The first-order valence-corrected chi connectivity index (χ1v) is 4.45. The van der Waals surface area contributed by atoms with Gasteiger partial charge in [-0.2, -0.15) is 0 Å². The average molecular weight is 210 g/mol. The molecule has 2 rings (SSSR count). The smallest absolute Gasteiger partial charge is 0.166 e. The molecule has 0 saturated carbocycles. The van der Waals surface area contributed by atoms with E-state index in [0.717, 1.165) is 11.8 Å². The van der Waals surface area contributed by atoms with Crippen molar-refractivity contribution in [2.24, 2.45) is 7.05 Å². The van der Waals surface area contributed by atoms with Gasteiger partial charge < -0.3 is 9.67 Å². The highest BCUT2D eigenvalue weighted by Gasteiger charge is 2.10. The Morgan fingerprint density at radius 2 is 2.21 bits per heavy atom. The molecule has 0 amide bonds. The summed E-state index contributed by atoms with van der Waals surface area (Å²) in [5.74, 6) is 0.0212. The summed E-state index contributed by atoms with van der Waals surface area (Å²) < 4.78 is 1.71. The zero-order valence-electron chi connectivity index (χ0n) is 7.49. The number of aryl methyl sites for hydroxylation is 1. The van der Waals surface area contributed by atoms with E-state index in [9.17, 15) is 9.90 Å². The molecule has 0 spiro atoms. The number of nitrogens with zero attached hydrogens (tertiary/aromatic N) is 1. The fourth-order valence-electron chi connectivity index (χ4n) is 1.50. The summed E-state index contributed by atoms with van der Waals surface area (Å²) in [7, 11) is 1.76. The lowest BCUT2D eigenvalue weighted by atomic mass is 10.2. The molecule has 4 heteroatoms. The Morgan fingerprint density at radius 1 is 1.50 bits per heavy atom. The third-order valence-electron chi connectivity index (χ3n) is 2.31. The highest BCUT2D eigenvalue weighted by molar-refractivity contribution is 6.33. The Hall–Kier alpha value is -1.48. The van der Waals surface area contributed by atoms with Gasteiger partial charge in [-0.25, -0.2) is 0 Å². The number of halogens is 1. The van der Waals surface area contributed by atoms with Crippen LogP contribution < -0.4 is 0 Å². The molecule has 2 aromatic rings. The van der Waals surface area contributed by atoms with Crippen LogP contribution in [0.2, 0.25) is 5.02 Å². The number of aldehydes is 1. The van der Waals surface area contributed by atoms with Gasteiger partial charge in [-0.1, -0.05) is 11.6 Å². The number of phenolic OH excluding ortho intramolecular Hbond substituents is 1. The molecule has 14 heavy (non-hydrogen) atoms. The molecule has 0 radical (unpaired) electrons. The molecule has 1 heterocycles. The third kappa shape index (κ3) is 1.09. The Morgan fingerprint density at radius 3 is 2.86 bits per heavy atom. The lowest BCUT2D eigenvalue weighted by molar-refractivity contribution is 0.111. The van der Waals surface area contributed by atoms with E-state index in [1.807, 2.05) is 0 Å². The average Bonchev–Trinajstić information content (AvgIpc) is 2.50. The number of rotatable bonds is 1. The molecule has 0 aliphatic rings. The Labute approximate surface area is 85.5 Å². The molecular formula is C10H8ClNO2. The van der Waals surface area contributed by atoms with E-state index >= 15 is 0 Å². The minimum Gasteiger partial charge on any atom is -0.506 e. The topological polar surface area (TPSA) is 42.2 Å². The van der Waals surface area contributed by atoms with Crippen LogP contribution in [0.1, 0.15) is 10.5 Å². The Bertz CT molecular complexity index is 516. The molecule has 3 nitrogen and oxygen atoms in total. The zero-order valence-corrected chi connectivity index (χ0v) is 8.25. The number of carbonyl (C=O) groups is 1. The van der Waals surface area contributed by atoms with Crippen LogP contribution >= 0.6 is 11.6 Å². The first-order chi connectivity index (χ1) is 6.65. The number of hydrogen-bond donors (Lipinski definition) is 1. The van der Waals surface area contributed by atoms with E-state index < -0.39 is 0 Å². The number of carbonyl (C=O) groups excluding carboxylic acids is 1. The highest BCUT2D eigenvalue weighted by atomic mass is 35.5. The molecule has 1 aromatic carbocycles. The van der Waals surface area contributed by atoms with Crippen LogP contribution in [0.4, 0.5) is 0 Å². The van der Waals surface area contributed by atoms with Gasteiger partial charge in [0.25, 0.3) is 0 Å². The van der Waals surface area contributed by atoms with Gasteiger partial charge in [0, 0.05) is 12.4 Å². The second-order valence-corrected chi connectivity index (χ2v) is 3.48. The number of phenols is 1. The van der Waals surface area contributed by atoms with Crippen molar-refractivity contribution in [2.75, 3.05) is 0 Å². The molecule has 1 N–H and O–H groups in total. The van der Waals surface area contributed by atoms with Crippen molar-refractivity contribution in [3.05, 3.63) is 28.9 Å². The summed E-state index contributed by atoms with van der Waals surface area (Å²) in [6.07, 6.45) is 0.743. The van der Waals surface area contributed by atoms with Crippen LogP contribution in [0, 0.1) is 0 Å². The molecule has 0 bridgehead atoms. The SMILES string of the molecule is Cn1c(C=O)cc2c(O)c(Cl)ccc21. The van der Waals surface area contributed by atoms with Crippen LogP contribution in [-0.2, 0) is 7.05 Å². The standard InChI is InChI=1S/C10H8ClNO2/c1-12-6(5-13)4-7-9(12)3-2-8(11)10(7)14/h2-5,14H,1H3. The van der Waals surface area contributed by atoms with Crippen LogP contribution in [-0.4, -0.2) is 16.0 Å². The lowest BCUT2D eigenvalue weighted by Gasteiger charge is -2.00. The molecule has 0 saturated heterocycles. The van der Waals surface area contributed by atoms with E-state index in [2.05, 4.69) is 0 Å². The second-order valence-electron chi connectivity index (χ2n) is 3.07. The van der Waals surface area contributed by atoms with Gasteiger partial charge in [-0.15, -0.1) is 0 Å². The summed E-state index contributed by atoms with van der Waals surface area (Å²) in [4.78, 5) is 10.7. The van der Waals surface area contributed by atoms with Crippen LogP contribution in [0.25, 0.3) is 10.9 Å². The first-order valence-electron chi connectivity index (χ1n) is 4.07. The maximum Gasteiger partial charge on any atom is 0.166 e. The van der Waals surface area contributed by atoms with Gasteiger partial charge in [0.05, 0.1) is 16.2 Å². The summed E-state index contributed by atoms with van der Waals surface area (Å²) in [5.41, 5.74) is 1.30. The largest absolute Gasteiger partial charge is 0.506 e. The van der Waals surface area contributed by atoms with Crippen LogP contribution in [0.5, 0.6) is 5.75 Å². The highest BCUT2D eigenvalue weighted by Crippen LogP contribution is 2.33. The van der Waals surface area contributed by atoms with Gasteiger partial charge in [0.1, 0.15) is 5.75 Å². The van der Waals surface area contributed by atoms with Crippen LogP contribution in [0.3, 0.4) is 0 Å². The number of aromatic nitrogens is 1. The molecule has 0 fully saturated rings. The van der Waals surface area contributed by atoms with E-state index in [1.54, 1.807) is 29.8 Å². The van der Waals surface area contributed by atoms with Gasteiger partial charge in [0.15, 0.2) is 6.29 Å². The molecule has 1 aromatic heterocycles. The van der Waals surface area contributed by atoms with Gasteiger partial charge in [0.2, 0.25) is 0 Å². The second kappa shape index (κ2) is 3.03. The molecule has 0 aliphatic heterocycles. The number of hydrogen-bond acceptors (Lipinski definition) is 2. The third-order valence-corrected chi connectivity index (χ3v) is 2.61. The molecule has 0 unspecified atom stereocenters. The van der Waals surface area contributed by atoms with Crippen molar-refractivity contribution in [3.8, 4) is 5.75 Å². The lowest BCUT2D eigenvalue weighted by Crippen LogP contribution is -1.92. The maximum absolute atomic E-state index is 10.7. The first kappa shape index (κ1) is 9.09. The predicted octanol–water partition coefficient (Wildman–Crippen LogP) is 2.35. The normalized spacial score (nSPS) is 10.7. The maximum atomic E-state index is 10.7.